The number of carbonyl (C=O) groups excluding carboxylic acids is 1. The summed E-state index contributed by atoms with van der Waals surface area (Å²) in [6.45, 7) is 4.35. The lowest BCUT2D eigenvalue weighted by Crippen LogP contribution is -2.54. The lowest BCUT2D eigenvalue weighted by Gasteiger charge is -2.28. The highest BCUT2D eigenvalue weighted by molar-refractivity contribution is 5.80. The molecule has 0 radical (unpaired) electrons. The van der Waals surface area contributed by atoms with E-state index in [2.05, 4.69) is 10.3 Å². The maximum atomic E-state index is 11.9. The number of rotatable bonds is 5. The molecule has 1 unspecified atom stereocenters. The SMILES string of the molecule is COC(=O)C(C)(Cn1ccnc1C)NC1CC1. The van der Waals surface area contributed by atoms with Gasteiger partial charge in [-0.05, 0) is 26.7 Å². The quantitative estimate of drug-likeness (QED) is 0.772. The molecule has 0 bridgehead atoms. The van der Waals surface area contributed by atoms with E-state index in [1.165, 1.54) is 7.11 Å². The fourth-order valence-corrected chi connectivity index (χ4v) is 1.98. The predicted octanol–water partition coefficient (Wildman–Crippen LogP) is 0.875. The standard InChI is InChI=1S/C12H19N3O2/c1-9-13-6-7-15(9)8-12(2,11(16)17-3)14-10-4-5-10/h6-7,10,14H,4-5,8H2,1-3H3. The highest BCUT2D eigenvalue weighted by atomic mass is 16.5. The van der Waals surface area contributed by atoms with Crippen LogP contribution in [0, 0.1) is 6.92 Å². The van der Waals surface area contributed by atoms with Crippen molar-refractivity contribution in [3.8, 4) is 0 Å². The van der Waals surface area contributed by atoms with Gasteiger partial charge in [-0.15, -0.1) is 0 Å². The van der Waals surface area contributed by atoms with Crippen LogP contribution in [0.1, 0.15) is 25.6 Å². The van der Waals surface area contributed by atoms with Crippen LogP contribution in [-0.4, -0.2) is 34.2 Å². The number of hydrogen-bond acceptors (Lipinski definition) is 4. The van der Waals surface area contributed by atoms with Gasteiger partial charge in [0.2, 0.25) is 0 Å². The molecule has 0 aromatic carbocycles. The summed E-state index contributed by atoms with van der Waals surface area (Å²) in [5.41, 5.74) is -0.679. The molecule has 5 nitrogen and oxygen atoms in total. The Morgan fingerprint density at radius 3 is 2.88 bits per heavy atom. The number of aromatic nitrogens is 2. The molecule has 94 valence electrons. The molecule has 0 saturated heterocycles. The Labute approximate surface area is 101 Å². The molecule has 1 heterocycles. The zero-order chi connectivity index (χ0) is 12.5. The van der Waals surface area contributed by atoms with E-state index in [0.717, 1.165) is 18.7 Å². The topological polar surface area (TPSA) is 56.2 Å². The molecule has 0 amide bonds. The number of hydrogen-bond donors (Lipinski definition) is 1. The van der Waals surface area contributed by atoms with Crippen LogP contribution in [0.2, 0.25) is 0 Å². The zero-order valence-corrected chi connectivity index (χ0v) is 10.6. The van der Waals surface area contributed by atoms with Crippen molar-refractivity contribution in [1.29, 1.82) is 0 Å². The minimum atomic E-state index is -0.679. The fraction of sp³-hybridized carbons (Fsp3) is 0.667. The largest absolute Gasteiger partial charge is 0.468 e. The molecular formula is C12H19N3O2. The molecular weight excluding hydrogens is 218 g/mol. The first-order valence-corrected chi connectivity index (χ1v) is 5.89. The second-order valence-corrected chi connectivity index (χ2v) is 4.84. The highest BCUT2D eigenvalue weighted by Crippen LogP contribution is 2.24. The molecule has 0 aliphatic heterocycles. The average Bonchev–Trinajstić information content (AvgIpc) is 3.02. The van der Waals surface area contributed by atoms with Crippen LogP contribution in [0.4, 0.5) is 0 Å². The number of esters is 1. The fourth-order valence-electron chi connectivity index (χ4n) is 1.98. The molecule has 1 aromatic heterocycles. The Morgan fingerprint density at radius 2 is 2.41 bits per heavy atom. The van der Waals surface area contributed by atoms with Gasteiger partial charge < -0.3 is 9.30 Å². The molecule has 0 spiro atoms. The Morgan fingerprint density at radius 1 is 1.71 bits per heavy atom. The molecule has 1 aliphatic rings. The van der Waals surface area contributed by atoms with Gasteiger partial charge in [-0.25, -0.2) is 9.78 Å². The third kappa shape index (κ3) is 2.66. The van der Waals surface area contributed by atoms with Crippen molar-refractivity contribution >= 4 is 5.97 Å². The summed E-state index contributed by atoms with van der Waals surface area (Å²) in [7, 11) is 1.43. The Balaban J connectivity index is 2.14. The van der Waals surface area contributed by atoms with E-state index in [-0.39, 0.29) is 5.97 Å². The van der Waals surface area contributed by atoms with Crippen molar-refractivity contribution in [2.24, 2.45) is 0 Å². The van der Waals surface area contributed by atoms with Gasteiger partial charge in [0.1, 0.15) is 11.4 Å². The van der Waals surface area contributed by atoms with Crippen molar-refractivity contribution in [2.75, 3.05) is 7.11 Å². The number of carbonyl (C=O) groups is 1. The second-order valence-electron chi connectivity index (χ2n) is 4.84. The van der Waals surface area contributed by atoms with E-state index in [1.807, 2.05) is 24.6 Å². The monoisotopic (exact) mass is 237 g/mol. The van der Waals surface area contributed by atoms with E-state index >= 15 is 0 Å². The van der Waals surface area contributed by atoms with Crippen LogP contribution < -0.4 is 5.32 Å². The van der Waals surface area contributed by atoms with Gasteiger partial charge in [-0.2, -0.15) is 0 Å². The normalized spacial score (nSPS) is 18.8. The summed E-state index contributed by atoms with van der Waals surface area (Å²) < 4.78 is 6.86. The maximum absolute atomic E-state index is 11.9. The summed E-state index contributed by atoms with van der Waals surface area (Å²) in [4.78, 5) is 16.1. The van der Waals surface area contributed by atoms with Crippen LogP contribution in [0.15, 0.2) is 12.4 Å². The first-order valence-electron chi connectivity index (χ1n) is 5.89. The summed E-state index contributed by atoms with van der Waals surface area (Å²) in [6, 6.07) is 0.447. The average molecular weight is 237 g/mol. The highest BCUT2D eigenvalue weighted by Gasteiger charge is 2.39. The van der Waals surface area contributed by atoms with Gasteiger partial charge in [0, 0.05) is 18.4 Å². The van der Waals surface area contributed by atoms with Crippen LogP contribution in [0.25, 0.3) is 0 Å². The molecule has 1 saturated carbocycles. The van der Waals surface area contributed by atoms with Crippen LogP contribution in [0.3, 0.4) is 0 Å². The van der Waals surface area contributed by atoms with Gasteiger partial charge in [-0.1, -0.05) is 0 Å². The first kappa shape index (κ1) is 12.1. The van der Waals surface area contributed by atoms with Crippen LogP contribution in [-0.2, 0) is 16.1 Å². The Kier molecular flexibility index (Phi) is 3.19. The molecule has 1 aliphatic carbocycles. The van der Waals surface area contributed by atoms with Gasteiger partial charge in [0.25, 0.3) is 0 Å². The predicted molar refractivity (Wildman–Crippen MR) is 63.5 cm³/mol. The van der Waals surface area contributed by atoms with E-state index in [1.54, 1.807) is 6.20 Å². The molecule has 17 heavy (non-hydrogen) atoms. The summed E-state index contributed by atoms with van der Waals surface area (Å²) in [6.07, 6.45) is 5.89. The molecule has 2 rings (SSSR count). The first-order chi connectivity index (χ1) is 8.05. The zero-order valence-electron chi connectivity index (χ0n) is 10.6. The lowest BCUT2D eigenvalue weighted by atomic mass is 10.0. The number of aryl methyl sites for hydroxylation is 1. The van der Waals surface area contributed by atoms with Gasteiger partial charge in [-0.3, -0.25) is 5.32 Å². The van der Waals surface area contributed by atoms with Crippen molar-refractivity contribution in [2.45, 2.75) is 44.8 Å². The second kappa shape index (κ2) is 4.49. The molecule has 5 heteroatoms. The van der Waals surface area contributed by atoms with Gasteiger partial charge in [0.05, 0.1) is 13.7 Å². The molecule has 1 aromatic rings. The minimum Gasteiger partial charge on any atom is -0.468 e. The summed E-state index contributed by atoms with van der Waals surface area (Å²) in [5, 5.41) is 3.36. The van der Waals surface area contributed by atoms with Crippen molar-refractivity contribution in [3.05, 3.63) is 18.2 Å². The molecule has 1 fully saturated rings. The number of imidazole rings is 1. The number of ether oxygens (including phenoxy) is 1. The van der Waals surface area contributed by atoms with E-state index in [9.17, 15) is 4.79 Å². The van der Waals surface area contributed by atoms with Gasteiger partial charge in [0.15, 0.2) is 0 Å². The van der Waals surface area contributed by atoms with Gasteiger partial charge >= 0.3 is 5.97 Å². The number of methoxy groups -OCH3 is 1. The summed E-state index contributed by atoms with van der Waals surface area (Å²) in [5.74, 6) is 0.676. The molecule has 1 N–H and O–H groups in total. The van der Waals surface area contributed by atoms with E-state index < -0.39 is 5.54 Å². The Bertz CT molecular complexity index is 412. The third-order valence-corrected chi connectivity index (χ3v) is 3.15. The summed E-state index contributed by atoms with van der Waals surface area (Å²) >= 11 is 0. The van der Waals surface area contributed by atoms with Crippen molar-refractivity contribution in [3.63, 3.8) is 0 Å². The van der Waals surface area contributed by atoms with Crippen molar-refractivity contribution < 1.29 is 9.53 Å². The molecule has 1 atom stereocenters. The van der Waals surface area contributed by atoms with Crippen LogP contribution >= 0.6 is 0 Å². The number of nitrogens with one attached hydrogen (secondary N) is 1. The number of nitrogens with zero attached hydrogens (tertiary/aromatic N) is 2. The Hall–Kier alpha value is -1.36. The maximum Gasteiger partial charge on any atom is 0.327 e. The van der Waals surface area contributed by atoms with Crippen LogP contribution in [0.5, 0.6) is 0 Å². The minimum absolute atomic E-state index is 0.225. The van der Waals surface area contributed by atoms with E-state index in [4.69, 9.17) is 4.74 Å². The third-order valence-electron chi connectivity index (χ3n) is 3.15. The van der Waals surface area contributed by atoms with E-state index in [0.29, 0.717) is 12.6 Å². The smallest absolute Gasteiger partial charge is 0.327 e. The van der Waals surface area contributed by atoms with Crippen molar-refractivity contribution in [1.82, 2.24) is 14.9 Å². The lowest BCUT2D eigenvalue weighted by molar-refractivity contribution is -0.148.